The number of anilines is 2. The topological polar surface area (TPSA) is 38.0 Å². The van der Waals surface area contributed by atoms with Crippen molar-refractivity contribution in [3.63, 3.8) is 0 Å². The molecular weight excluding hydrogens is 160 g/mol. The van der Waals surface area contributed by atoms with Crippen molar-refractivity contribution in [2.75, 3.05) is 11.1 Å². The summed E-state index contributed by atoms with van der Waals surface area (Å²) in [4.78, 5) is 0. The van der Waals surface area contributed by atoms with Crippen molar-refractivity contribution in [3.8, 4) is 0 Å². The monoisotopic (exact) mass is 176 g/mol. The maximum Gasteiger partial charge on any atom is 0.0397 e. The predicted molar refractivity (Wildman–Crippen MR) is 56.9 cm³/mol. The molecule has 2 heteroatoms. The number of nitrogen functional groups attached to an aromatic ring is 1. The van der Waals surface area contributed by atoms with Crippen molar-refractivity contribution in [1.29, 1.82) is 0 Å². The summed E-state index contributed by atoms with van der Waals surface area (Å²) in [6, 6.07) is 6.11. The van der Waals surface area contributed by atoms with Crippen LogP contribution in [0.2, 0.25) is 0 Å². The zero-order chi connectivity index (χ0) is 9.47. The molecular formula is C11H16N2. The molecule has 0 aromatic heterocycles. The minimum absolute atomic E-state index is 0.209. The number of benzene rings is 1. The van der Waals surface area contributed by atoms with Gasteiger partial charge < -0.3 is 11.1 Å². The molecule has 0 radical (unpaired) electrons. The molecule has 2 nitrogen and oxygen atoms in total. The maximum atomic E-state index is 5.73. The summed E-state index contributed by atoms with van der Waals surface area (Å²) in [6.45, 7) is 4.44. The van der Waals surface area contributed by atoms with Crippen LogP contribution in [0.5, 0.6) is 0 Å². The second-order valence-corrected chi connectivity index (χ2v) is 4.43. The van der Waals surface area contributed by atoms with Crippen molar-refractivity contribution < 1.29 is 0 Å². The largest absolute Gasteiger partial charge is 0.399 e. The van der Waals surface area contributed by atoms with Gasteiger partial charge in [-0.1, -0.05) is 6.07 Å². The van der Waals surface area contributed by atoms with E-state index < -0.39 is 0 Å². The molecule has 0 saturated carbocycles. The highest BCUT2D eigenvalue weighted by atomic mass is 15.0. The molecule has 70 valence electrons. The van der Waals surface area contributed by atoms with Crippen LogP contribution in [-0.2, 0) is 6.42 Å². The second kappa shape index (κ2) is 2.66. The first-order valence-corrected chi connectivity index (χ1v) is 4.73. The number of aryl methyl sites for hydroxylation is 1. The average Bonchev–Trinajstić information content (AvgIpc) is 2.01. The molecule has 0 fully saturated rings. The first-order valence-electron chi connectivity index (χ1n) is 4.73. The lowest BCUT2D eigenvalue weighted by Crippen LogP contribution is -2.35. The zero-order valence-corrected chi connectivity index (χ0v) is 8.22. The molecule has 0 aliphatic carbocycles. The third-order valence-electron chi connectivity index (χ3n) is 2.63. The third-order valence-corrected chi connectivity index (χ3v) is 2.63. The molecule has 0 bridgehead atoms. The Hall–Kier alpha value is -1.18. The Morgan fingerprint density at radius 3 is 2.92 bits per heavy atom. The molecule has 0 spiro atoms. The molecule has 0 saturated heterocycles. The van der Waals surface area contributed by atoms with Gasteiger partial charge in [-0.25, -0.2) is 0 Å². The van der Waals surface area contributed by atoms with Crippen molar-refractivity contribution in [2.45, 2.75) is 32.2 Å². The van der Waals surface area contributed by atoms with Crippen molar-refractivity contribution in [2.24, 2.45) is 0 Å². The van der Waals surface area contributed by atoms with Gasteiger partial charge >= 0.3 is 0 Å². The summed E-state index contributed by atoms with van der Waals surface area (Å²) in [5.41, 5.74) is 9.36. The molecule has 1 aliphatic heterocycles. The zero-order valence-electron chi connectivity index (χ0n) is 8.22. The van der Waals surface area contributed by atoms with E-state index in [2.05, 4.69) is 25.2 Å². The first kappa shape index (κ1) is 8.42. The number of hydrogen-bond acceptors (Lipinski definition) is 2. The second-order valence-electron chi connectivity index (χ2n) is 4.43. The molecule has 0 atom stereocenters. The lowest BCUT2D eigenvalue weighted by molar-refractivity contribution is 0.502. The van der Waals surface area contributed by atoms with Gasteiger partial charge in [0.2, 0.25) is 0 Å². The van der Waals surface area contributed by atoms with Gasteiger partial charge in [-0.15, -0.1) is 0 Å². The third kappa shape index (κ3) is 1.62. The van der Waals surface area contributed by atoms with E-state index in [9.17, 15) is 0 Å². The van der Waals surface area contributed by atoms with Crippen LogP contribution >= 0.6 is 0 Å². The molecule has 0 unspecified atom stereocenters. The van der Waals surface area contributed by atoms with Gasteiger partial charge in [0.25, 0.3) is 0 Å². The van der Waals surface area contributed by atoms with E-state index in [1.807, 2.05) is 12.1 Å². The minimum Gasteiger partial charge on any atom is -0.399 e. The molecule has 13 heavy (non-hydrogen) atoms. The fourth-order valence-corrected chi connectivity index (χ4v) is 1.80. The number of hydrogen-bond donors (Lipinski definition) is 2. The van der Waals surface area contributed by atoms with Crippen LogP contribution in [0.25, 0.3) is 0 Å². The van der Waals surface area contributed by atoms with Crippen LogP contribution in [0.3, 0.4) is 0 Å². The van der Waals surface area contributed by atoms with E-state index >= 15 is 0 Å². The molecule has 0 amide bonds. The quantitative estimate of drug-likeness (QED) is 0.596. The number of rotatable bonds is 0. The van der Waals surface area contributed by atoms with Gasteiger partial charge in [-0.2, -0.15) is 0 Å². The van der Waals surface area contributed by atoms with Crippen molar-refractivity contribution in [3.05, 3.63) is 23.8 Å². The highest BCUT2D eigenvalue weighted by Gasteiger charge is 2.23. The van der Waals surface area contributed by atoms with Gasteiger partial charge in [0.1, 0.15) is 0 Å². The Kier molecular flexibility index (Phi) is 1.72. The van der Waals surface area contributed by atoms with Crippen LogP contribution in [-0.4, -0.2) is 5.54 Å². The summed E-state index contributed by atoms with van der Waals surface area (Å²) in [7, 11) is 0. The predicted octanol–water partition coefficient (Wildman–Crippen LogP) is 2.41. The Labute approximate surface area is 79.1 Å². The van der Waals surface area contributed by atoms with E-state index in [0.717, 1.165) is 12.1 Å². The Morgan fingerprint density at radius 1 is 1.38 bits per heavy atom. The van der Waals surface area contributed by atoms with Crippen LogP contribution in [0.4, 0.5) is 11.4 Å². The fraction of sp³-hybridized carbons (Fsp3) is 0.455. The number of nitrogens with two attached hydrogens (primary N) is 1. The summed E-state index contributed by atoms with van der Waals surface area (Å²) in [5, 5.41) is 3.50. The van der Waals surface area contributed by atoms with Gasteiger partial charge in [0.05, 0.1) is 0 Å². The van der Waals surface area contributed by atoms with Crippen molar-refractivity contribution in [1.82, 2.24) is 0 Å². The minimum atomic E-state index is 0.209. The van der Waals surface area contributed by atoms with Gasteiger partial charge in [-0.05, 0) is 44.4 Å². The van der Waals surface area contributed by atoms with Gasteiger partial charge in [0, 0.05) is 16.9 Å². The Morgan fingerprint density at radius 2 is 2.15 bits per heavy atom. The van der Waals surface area contributed by atoms with Crippen LogP contribution in [0.1, 0.15) is 25.8 Å². The normalized spacial score (nSPS) is 18.9. The lowest BCUT2D eigenvalue weighted by atomic mass is 9.89. The SMILES string of the molecule is CC1(C)CCc2ccc(N)cc2N1. The Balaban J connectivity index is 2.38. The Bertz CT molecular complexity index is 329. The smallest absolute Gasteiger partial charge is 0.0397 e. The highest BCUT2D eigenvalue weighted by molar-refractivity contribution is 5.62. The van der Waals surface area contributed by atoms with Crippen LogP contribution < -0.4 is 11.1 Å². The summed E-state index contributed by atoms with van der Waals surface area (Å²) in [6.07, 6.45) is 2.33. The van der Waals surface area contributed by atoms with Gasteiger partial charge in [0.15, 0.2) is 0 Å². The van der Waals surface area contributed by atoms with Crippen LogP contribution in [0.15, 0.2) is 18.2 Å². The van der Waals surface area contributed by atoms with E-state index in [1.54, 1.807) is 0 Å². The lowest BCUT2D eigenvalue weighted by Gasteiger charge is -2.33. The van der Waals surface area contributed by atoms with Crippen molar-refractivity contribution >= 4 is 11.4 Å². The number of nitrogens with one attached hydrogen (secondary N) is 1. The van der Waals surface area contributed by atoms with E-state index in [1.165, 1.54) is 17.7 Å². The standard InChI is InChI=1S/C11H16N2/c1-11(2)6-5-8-3-4-9(12)7-10(8)13-11/h3-4,7,13H,5-6,12H2,1-2H3. The molecule has 3 N–H and O–H groups in total. The molecule has 2 rings (SSSR count). The molecule has 1 heterocycles. The summed E-state index contributed by atoms with van der Waals surface area (Å²) < 4.78 is 0. The van der Waals surface area contributed by atoms with E-state index in [4.69, 9.17) is 5.73 Å². The maximum absolute atomic E-state index is 5.73. The summed E-state index contributed by atoms with van der Waals surface area (Å²) in [5.74, 6) is 0. The van der Waals surface area contributed by atoms with E-state index in [0.29, 0.717) is 0 Å². The molecule has 1 aromatic carbocycles. The average molecular weight is 176 g/mol. The van der Waals surface area contributed by atoms with Gasteiger partial charge in [-0.3, -0.25) is 0 Å². The number of fused-ring (bicyclic) bond motifs is 1. The fourth-order valence-electron chi connectivity index (χ4n) is 1.80. The first-order chi connectivity index (χ1) is 6.07. The van der Waals surface area contributed by atoms with E-state index in [-0.39, 0.29) is 5.54 Å². The molecule has 1 aromatic rings. The summed E-state index contributed by atoms with van der Waals surface area (Å²) >= 11 is 0. The molecule has 1 aliphatic rings. The van der Waals surface area contributed by atoms with Crippen LogP contribution in [0, 0.1) is 0 Å². The highest BCUT2D eigenvalue weighted by Crippen LogP contribution is 2.31.